The molecule has 1 fully saturated rings. The summed E-state index contributed by atoms with van der Waals surface area (Å²) in [4.78, 5) is 25.6. The molecule has 0 spiro atoms. The predicted octanol–water partition coefficient (Wildman–Crippen LogP) is 4.43. The minimum absolute atomic E-state index is 0.0575. The quantitative estimate of drug-likeness (QED) is 0.485. The third-order valence-electron chi connectivity index (χ3n) is 6.16. The van der Waals surface area contributed by atoms with E-state index < -0.39 is 31.7 Å². The molecule has 0 bridgehead atoms. The number of aliphatic hydroxyl groups is 1. The van der Waals surface area contributed by atoms with Crippen molar-refractivity contribution >= 4 is 26.1 Å². The Morgan fingerprint density at radius 1 is 1.14 bits per heavy atom. The average Bonchev–Trinajstić information content (AvgIpc) is 2.89. The third kappa shape index (κ3) is 4.11. The van der Waals surface area contributed by atoms with Crippen LogP contribution in [0.15, 0.2) is 36.0 Å². The van der Waals surface area contributed by atoms with Crippen LogP contribution in [0.4, 0.5) is 0 Å². The maximum absolute atomic E-state index is 12.8. The minimum Gasteiger partial charge on any atom is -0.404 e. The lowest BCUT2D eigenvalue weighted by Crippen LogP contribution is -2.59. The molecule has 1 aliphatic rings. The second-order valence-corrected chi connectivity index (χ2v) is 14.2. The van der Waals surface area contributed by atoms with Crippen LogP contribution >= 0.6 is 0 Å². The number of rotatable bonds is 8. The maximum Gasteiger partial charge on any atom is 0.267 e. The Morgan fingerprint density at radius 2 is 1.66 bits per heavy atom. The summed E-state index contributed by atoms with van der Waals surface area (Å²) in [5, 5.41) is 14.1. The van der Waals surface area contributed by atoms with Crippen molar-refractivity contribution in [3.8, 4) is 0 Å². The van der Waals surface area contributed by atoms with E-state index in [1.165, 1.54) is 0 Å². The van der Waals surface area contributed by atoms with Crippen molar-refractivity contribution in [2.45, 2.75) is 83.2 Å². The van der Waals surface area contributed by atoms with Crippen LogP contribution in [0.3, 0.4) is 0 Å². The molecule has 0 radical (unpaired) electrons. The van der Waals surface area contributed by atoms with Crippen LogP contribution in [0, 0.1) is 0 Å². The predicted molar refractivity (Wildman–Crippen MR) is 119 cm³/mol. The fraction of sp³-hybridized carbons (Fsp3) is 0.565. The lowest BCUT2D eigenvalue weighted by Gasteiger charge is -2.45. The van der Waals surface area contributed by atoms with Gasteiger partial charge in [0.2, 0.25) is 13.9 Å². The zero-order valence-corrected chi connectivity index (χ0v) is 19.7. The number of amides is 1. The lowest BCUT2D eigenvalue weighted by molar-refractivity contribution is -0.155. The second kappa shape index (κ2) is 8.94. The second-order valence-electron chi connectivity index (χ2n) is 8.82. The number of benzene rings is 1. The molecule has 1 saturated heterocycles. The fourth-order valence-corrected chi connectivity index (χ4v) is 10.3. The van der Waals surface area contributed by atoms with E-state index in [4.69, 9.17) is 4.43 Å². The van der Waals surface area contributed by atoms with E-state index in [-0.39, 0.29) is 23.0 Å². The average molecular weight is 418 g/mol. The van der Waals surface area contributed by atoms with Crippen molar-refractivity contribution in [3.63, 3.8) is 0 Å². The standard InChI is InChI=1S/C23H35NO4Si/c1-8-20(25)23(27)21(28-29(15(2)3,16(4)5)17(6)7)19(24-22(23)26)14-18-12-10-9-11-13-18/h9-17,21,27H,8H2,1-7H3,(H,24,26)/b19-14-/t21-,23-/m0/s1. The van der Waals surface area contributed by atoms with Crippen LogP contribution in [0.25, 0.3) is 6.08 Å². The van der Waals surface area contributed by atoms with Gasteiger partial charge < -0.3 is 14.8 Å². The molecule has 1 aliphatic heterocycles. The number of hydrogen-bond acceptors (Lipinski definition) is 4. The van der Waals surface area contributed by atoms with E-state index in [1.54, 1.807) is 13.0 Å². The molecule has 0 aromatic heterocycles. The van der Waals surface area contributed by atoms with Crippen molar-refractivity contribution < 1.29 is 19.1 Å². The van der Waals surface area contributed by atoms with E-state index >= 15 is 0 Å². The van der Waals surface area contributed by atoms with Gasteiger partial charge in [0.15, 0.2) is 5.78 Å². The first-order valence-corrected chi connectivity index (χ1v) is 12.7. The Bertz CT molecular complexity index is 751. The molecule has 2 atom stereocenters. The first-order valence-electron chi connectivity index (χ1n) is 10.5. The van der Waals surface area contributed by atoms with Gasteiger partial charge in [0.05, 0.1) is 5.70 Å². The number of ketones is 1. The van der Waals surface area contributed by atoms with Crippen molar-refractivity contribution in [2.24, 2.45) is 0 Å². The monoisotopic (exact) mass is 417 g/mol. The Hall–Kier alpha value is -1.76. The Kier molecular flexibility index (Phi) is 7.25. The number of carbonyl (C=O) groups is 2. The molecule has 1 aromatic carbocycles. The van der Waals surface area contributed by atoms with Crippen LogP contribution in [0.1, 0.15) is 60.5 Å². The summed E-state index contributed by atoms with van der Waals surface area (Å²) in [5.74, 6) is -1.22. The normalized spacial score (nSPS) is 24.0. The summed E-state index contributed by atoms with van der Waals surface area (Å²) >= 11 is 0. The lowest BCUT2D eigenvalue weighted by atomic mass is 9.91. The Morgan fingerprint density at radius 3 is 2.10 bits per heavy atom. The minimum atomic E-state index is -2.47. The number of hydrogen-bond donors (Lipinski definition) is 2. The van der Waals surface area contributed by atoms with Crippen LogP contribution < -0.4 is 5.32 Å². The van der Waals surface area contributed by atoms with Crippen molar-refractivity contribution in [2.75, 3.05) is 0 Å². The van der Waals surface area contributed by atoms with Gasteiger partial charge in [0.25, 0.3) is 5.91 Å². The van der Waals surface area contributed by atoms with E-state index in [1.807, 2.05) is 30.3 Å². The van der Waals surface area contributed by atoms with Gasteiger partial charge in [-0.3, -0.25) is 9.59 Å². The first-order chi connectivity index (χ1) is 13.5. The van der Waals surface area contributed by atoms with Gasteiger partial charge >= 0.3 is 0 Å². The highest BCUT2D eigenvalue weighted by Gasteiger charge is 2.61. The summed E-state index contributed by atoms with van der Waals surface area (Å²) in [7, 11) is -2.47. The largest absolute Gasteiger partial charge is 0.404 e. The van der Waals surface area contributed by atoms with Gasteiger partial charge in [-0.1, -0.05) is 78.8 Å². The molecule has 1 aromatic rings. The van der Waals surface area contributed by atoms with Gasteiger partial charge in [0, 0.05) is 6.42 Å². The molecule has 1 amide bonds. The molecule has 1 heterocycles. The molecule has 2 rings (SSSR count). The van der Waals surface area contributed by atoms with Crippen molar-refractivity contribution in [1.29, 1.82) is 0 Å². The molecule has 0 unspecified atom stereocenters. The molecule has 0 aliphatic carbocycles. The van der Waals surface area contributed by atoms with Crippen LogP contribution in [0.5, 0.6) is 0 Å². The van der Waals surface area contributed by atoms with Crippen molar-refractivity contribution in [3.05, 3.63) is 41.6 Å². The zero-order valence-electron chi connectivity index (χ0n) is 18.7. The SMILES string of the molecule is CCC(=O)[C@@]1(O)C(=O)N/C(=C\c2ccccc2)[C@@H]1O[Si](C(C)C)(C(C)C)C(C)C. The summed E-state index contributed by atoms with van der Waals surface area (Å²) in [6, 6.07) is 9.53. The zero-order chi connectivity index (χ0) is 22.0. The highest BCUT2D eigenvalue weighted by atomic mass is 28.4. The third-order valence-corrected chi connectivity index (χ3v) is 12.2. The highest BCUT2D eigenvalue weighted by Crippen LogP contribution is 2.46. The maximum atomic E-state index is 12.8. The number of nitrogens with one attached hydrogen (secondary N) is 1. The van der Waals surface area contributed by atoms with Crippen molar-refractivity contribution in [1.82, 2.24) is 5.32 Å². The molecule has 2 N–H and O–H groups in total. The summed E-state index contributed by atoms with van der Waals surface area (Å²) in [5.41, 5.74) is -0.141. The van der Waals surface area contributed by atoms with Gasteiger partial charge in [0.1, 0.15) is 6.10 Å². The highest BCUT2D eigenvalue weighted by molar-refractivity contribution is 6.77. The van der Waals surface area contributed by atoms with Gasteiger partial charge in [-0.15, -0.1) is 0 Å². The molecule has 160 valence electrons. The molecule has 6 heteroatoms. The molecular weight excluding hydrogens is 382 g/mol. The first kappa shape index (κ1) is 23.5. The summed E-state index contributed by atoms with van der Waals surface area (Å²) < 4.78 is 6.79. The molecule has 5 nitrogen and oxygen atoms in total. The van der Waals surface area contributed by atoms with Gasteiger partial charge in [-0.2, -0.15) is 0 Å². The van der Waals surface area contributed by atoms with E-state index in [9.17, 15) is 14.7 Å². The van der Waals surface area contributed by atoms with Crippen LogP contribution in [-0.2, 0) is 14.0 Å². The van der Waals surface area contributed by atoms with Gasteiger partial charge in [-0.25, -0.2) is 0 Å². The number of carbonyl (C=O) groups excluding carboxylic acids is 2. The van der Waals surface area contributed by atoms with E-state index in [0.29, 0.717) is 5.70 Å². The van der Waals surface area contributed by atoms with E-state index in [0.717, 1.165) is 5.56 Å². The summed E-state index contributed by atoms with van der Waals surface area (Å²) in [6.45, 7) is 14.5. The molecule has 29 heavy (non-hydrogen) atoms. The number of Topliss-reactive ketones (excluding diaryl/α,β-unsaturated/α-hetero) is 1. The van der Waals surface area contributed by atoms with E-state index in [2.05, 4.69) is 46.9 Å². The Labute approximate surface area is 175 Å². The molecule has 0 saturated carbocycles. The fourth-order valence-electron chi connectivity index (χ4n) is 4.78. The van der Waals surface area contributed by atoms with Gasteiger partial charge in [-0.05, 0) is 28.3 Å². The van der Waals surface area contributed by atoms with Crippen LogP contribution in [-0.4, -0.2) is 36.8 Å². The Balaban J connectivity index is 2.64. The molecular formula is C23H35NO4Si. The smallest absolute Gasteiger partial charge is 0.267 e. The van der Waals surface area contributed by atoms with Crippen LogP contribution in [0.2, 0.25) is 16.6 Å². The topological polar surface area (TPSA) is 75.6 Å². The summed E-state index contributed by atoms with van der Waals surface area (Å²) in [6.07, 6.45) is 0.826.